The minimum Gasteiger partial charge on any atom is -0.379 e. The number of para-hydroxylation sites is 2. The van der Waals surface area contributed by atoms with Crippen LogP contribution in [0.5, 0.6) is 0 Å². The summed E-state index contributed by atoms with van der Waals surface area (Å²) in [5.41, 5.74) is 0.643. The number of nitro groups is 1. The third-order valence-corrected chi connectivity index (χ3v) is 1.99. The normalized spacial score (nSPS) is 9.79. The summed E-state index contributed by atoms with van der Waals surface area (Å²) >= 11 is 5.50. The van der Waals surface area contributed by atoms with E-state index in [9.17, 15) is 10.1 Å². The number of hydrogen-bond acceptors (Lipinski definition) is 3. The highest BCUT2D eigenvalue weighted by Crippen LogP contribution is 2.22. The van der Waals surface area contributed by atoms with E-state index in [2.05, 4.69) is 5.32 Å². The molecule has 1 aromatic carbocycles. The lowest BCUT2D eigenvalue weighted by molar-refractivity contribution is -0.384. The molecule has 0 atom stereocenters. The molecular formula is C9H11ClN2O2. The van der Waals surface area contributed by atoms with Gasteiger partial charge in [-0.15, -0.1) is 11.6 Å². The van der Waals surface area contributed by atoms with Crippen LogP contribution in [0, 0.1) is 10.1 Å². The topological polar surface area (TPSA) is 55.2 Å². The van der Waals surface area contributed by atoms with Gasteiger partial charge >= 0.3 is 0 Å². The highest BCUT2D eigenvalue weighted by atomic mass is 35.5. The van der Waals surface area contributed by atoms with Gasteiger partial charge in [-0.2, -0.15) is 0 Å². The number of rotatable bonds is 5. The lowest BCUT2D eigenvalue weighted by Crippen LogP contribution is -2.04. The fourth-order valence-electron chi connectivity index (χ4n) is 1.07. The first-order valence-corrected chi connectivity index (χ1v) is 4.82. The Morgan fingerprint density at radius 2 is 2.14 bits per heavy atom. The molecule has 1 rings (SSSR count). The van der Waals surface area contributed by atoms with Gasteiger partial charge in [0.05, 0.1) is 4.92 Å². The van der Waals surface area contributed by atoms with Gasteiger partial charge in [-0.25, -0.2) is 0 Å². The van der Waals surface area contributed by atoms with Crippen LogP contribution in [0.15, 0.2) is 24.3 Å². The second kappa shape index (κ2) is 5.44. The Labute approximate surface area is 87.0 Å². The van der Waals surface area contributed by atoms with Crippen LogP contribution in [0.3, 0.4) is 0 Å². The van der Waals surface area contributed by atoms with Crippen molar-refractivity contribution in [3.63, 3.8) is 0 Å². The monoisotopic (exact) mass is 214 g/mol. The Kier molecular flexibility index (Phi) is 4.19. The lowest BCUT2D eigenvalue weighted by atomic mass is 10.2. The zero-order chi connectivity index (χ0) is 10.4. The highest BCUT2D eigenvalue weighted by molar-refractivity contribution is 6.17. The van der Waals surface area contributed by atoms with E-state index in [1.807, 2.05) is 0 Å². The molecule has 5 heteroatoms. The number of nitrogens with one attached hydrogen (secondary N) is 1. The van der Waals surface area contributed by atoms with Gasteiger partial charge in [-0.3, -0.25) is 10.1 Å². The van der Waals surface area contributed by atoms with E-state index in [1.54, 1.807) is 18.2 Å². The van der Waals surface area contributed by atoms with Gasteiger partial charge in [0, 0.05) is 18.5 Å². The van der Waals surface area contributed by atoms with Crippen LogP contribution in [-0.2, 0) is 0 Å². The molecule has 0 radical (unpaired) electrons. The molecule has 1 aromatic rings. The second-order valence-corrected chi connectivity index (χ2v) is 3.12. The maximum absolute atomic E-state index is 10.6. The zero-order valence-corrected chi connectivity index (χ0v) is 8.33. The third kappa shape index (κ3) is 2.88. The minimum atomic E-state index is -0.400. The fourth-order valence-corrected chi connectivity index (χ4v) is 1.21. The van der Waals surface area contributed by atoms with Crippen LogP contribution in [0.2, 0.25) is 0 Å². The molecule has 0 amide bonds. The predicted octanol–water partition coefficient (Wildman–Crippen LogP) is 2.64. The van der Waals surface area contributed by atoms with Crippen molar-refractivity contribution in [3.8, 4) is 0 Å². The number of anilines is 1. The number of nitrogens with zero attached hydrogens (tertiary/aromatic N) is 1. The summed E-state index contributed by atoms with van der Waals surface area (Å²) < 4.78 is 0. The molecule has 0 aliphatic rings. The summed E-state index contributed by atoms with van der Waals surface area (Å²) in [4.78, 5) is 10.2. The van der Waals surface area contributed by atoms with Crippen LogP contribution in [0.25, 0.3) is 0 Å². The van der Waals surface area contributed by atoms with Crippen molar-refractivity contribution < 1.29 is 4.92 Å². The van der Waals surface area contributed by atoms with Crippen molar-refractivity contribution in [2.24, 2.45) is 0 Å². The van der Waals surface area contributed by atoms with Crippen LogP contribution < -0.4 is 5.32 Å². The molecule has 0 aliphatic carbocycles. The number of halogens is 1. The van der Waals surface area contributed by atoms with E-state index in [0.717, 1.165) is 6.42 Å². The molecule has 14 heavy (non-hydrogen) atoms. The highest BCUT2D eigenvalue weighted by Gasteiger charge is 2.10. The van der Waals surface area contributed by atoms with E-state index in [1.165, 1.54) is 6.07 Å². The van der Waals surface area contributed by atoms with Crippen LogP contribution >= 0.6 is 11.6 Å². The SMILES string of the molecule is O=[N+]([O-])c1ccccc1NCCCCl. The standard InChI is InChI=1S/C9H11ClN2O2/c10-6-3-7-11-8-4-1-2-5-9(8)12(13)14/h1-2,4-5,11H,3,6-7H2. The zero-order valence-electron chi connectivity index (χ0n) is 7.57. The van der Waals surface area contributed by atoms with Gasteiger partial charge in [-0.1, -0.05) is 12.1 Å². The van der Waals surface area contributed by atoms with Gasteiger partial charge < -0.3 is 5.32 Å². The van der Waals surface area contributed by atoms with Crippen molar-refractivity contribution in [1.82, 2.24) is 0 Å². The Hall–Kier alpha value is -1.29. The molecule has 0 saturated heterocycles. The first-order valence-electron chi connectivity index (χ1n) is 4.29. The molecule has 76 valence electrons. The smallest absolute Gasteiger partial charge is 0.292 e. The molecule has 4 nitrogen and oxygen atoms in total. The van der Waals surface area contributed by atoms with Crippen LogP contribution in [-0.4, -0.2) is 17.3 Å². The Morgan fingerprint density at radius 3 is 2.79 bits per heavy atom. The average Bonchev–Trinajstić information content (AvgIpc) is 2.19. The third-order valence-electron chi connectivity index (χ3n) is 1.73. The molecule has 0 spiro atoms. The van der Waals surface area contributed by atoms with Crippen molar-refractivity contribution in [2.75, 3.05) is 17.7 Å². The Bertz CT molecular complexity index is 317. The van der Waals surface area contributed by atoms with Crippen molar-refractivity contribution >= 4 is 23.0 Å². The molecule has 1 N–H and O–H groups in total. The molecule has 0 aromatic heterocycles. The number of hydrogen-bond donors (Lipinski definition) is 1. The molecule has 0 heterocycles. The Balaban J connectivity index is 2.69. The summed E-state index contributed by atoms with van der Waals surface area (Å²) in [6.45, 7) is 0.647. The quantitative estimate of drug-likeness (QED) is 0.355. The van der Waals surface area contributed by atoms with E-state index in [0.29, 0.717) is 18.1 Å². The van der Waals surface area contributed by atoms with E-state index >= 15 is 0 Å². The summed E-state index contributed by atoms with van der Waals surface area (Å²) in [6, 6.07) is 6.57. The summed E-state index contributed by atoms with van der Waals surface area (Å²) in [5, 5.41) is 13.6. The second-order valence-electron chi connectivity index (χ2n) is 2.74. The first kappa shape index (κ1) is 10.8. The summed E-state index contributed by atoms with van der Waals surface area (Å²) in [7, 11) is 0. The summed E-state index contributed by atoms with van der Waals surface area (Å²) in [5.74, 6) is 0.549. The minimum absolute atomic E-state index is 0.0991. The number of benzene rings is 1. The van der Waals surface area contributed by atoms with Crippen molar-refractivity contribution in [3.05, 3.63) is 34.4 Å². The fraction of sp³-hybridized carbons (Fsp3) is 0.333. The molecule has 0 bridgehead atoms. The lowest BCUT2D eigenvalue weighted by Gasteiger charge is -2.04. The average molecular weight is 215 g/mol. The van der Waals surface area contributed by atoms with Crippen molar-refractivity contribution in [1.29, 1.82) is 0 Å². The molecule has 0 unspecified atom stereocenters. The van der Waals surface area contributed by atoms with Gasteiger partial charge in [-0.05, 0) is 12.5 Å². The van der Waals surface area contributed by atoms with E-state index in [-0.39, 0.29) is 5.69 Å². The number of alkyl halides is 1. The van der Waals surface area contributed by atoms with Gasteiger partial charge in [0.15, 0.2) is 0 Å². The predicted molar refractivity (Wildman–Crippen MR) is 56.9 cm³/mol. The van der Waals surface area contributed by atoms with Crippen LogP contribution in [0.1, 0.15) is 6.42 Å². The van der Waals surface area contributed by atoms with E-state index < -0.39 is 4.92 Å². The molecule has 0 saturated carbocycles. The van der Waals surface area contributed by atoms with E-state index in [4.69, 9.17) is 11.6 Å². The van der Waals surface area contributed by atoms with Crippen molar-refractivity contribution in [2.45, 2.75) is 6.42 Å². The number of nitro benzene ring substituents is 1. The van der Waals surface area contributed by atoms with Gasteiger partial charge in [0.25, 0.3) is 5.69 Å². The maximum atomic E-state index is 10.6. The van der Waals surface area contributed by atoms with Crippen LogP contribution in [0.4, 0.5) is 11.4 Å². The molecular weight excluding hydrogens is 204 g/mol. The maximum Gasteiger partial charge on any atom is 0.292 e. The first-order chi connectivity index (χ1) is 6.75. The summed E-state index contributed by atoms with van der Waals surface area (Å²) in [6.07, 6.45) is 0.785. The largest absolute Gasteiger partial charge is 0.379 e. The van der Waals surface area contributed by atoms with Gasteiger partial charge in [0.2, 0.25) is 0 Å². The van der Waals surface area contributed by atoms with Gasteiger partial charge in [0.1, 0.15) is 5.69 Å². The Morgan fingerprint density at radius 1 is 1.43 bits per heavy atom. The molecule has 0 aliphatic heterocycles. The molecule has 0 fully saturated rings.